The Labute approximate surface area is 118 Å². The number of carbonyl (C=O) groups excluding carboxylic acids is 1. The number of benzene rings is 1. The number of nitrogens with two attached hydrogens (primary N) is 1. The van der Waals surface area contributed by atoms with Crippen LogP contribution in [0, 0.1) is 11.7 Å². The van der Waals surface area contributed by atoms with E-state index >= 15 is 0 Å². The van der Waals surface area contributed by atoms with Gasteiger partial charge in [0.05, 0.1) is 18.4 Å². The van der Waals surface area contributed by atoms with Gasteiger partial charge in [-0.3, -0.25) is 0 Å². The first kappa shape index (κ1) is 14.6. The molecule has 1 unspecified atom stereocenters. The number of nitrogen functional groups attached to an aromatic ring is 1. The molecule has 110 valence electrons. The summed E-state index contributed by atoms with van der Waals surface area (Å²) in [6.07, 6.45) is 3.35. The molecule has 0 spiro atoms. The van der Waals surface area contributed by atoms with Crippen LogP contribution in [0.15, 0.2) is 12.1 Å². The first-order chi connectivity index (χ1) is 9.56. The highest BCUT2D eigenvalue weighted by atomic mass is 19.1. The summed E-state index contributed by atoms with van der Waals surface area (Å²) in [5, 5.41) is 0. The van der Waals surface area contributed by atoms with E-state index in [1.807, 2.05) is 4.90 Å². The van der Waals surface area contributed by atoms with Crippen LogP contribution in [0.2, 0.25) is 0 Å². The number of hydrogen-bond donors (Lipinski definition) is 1. The normalized spacial score (nSPS) is 18.4. The summed E-state index contributed by atoms with van der Waals surface area (Å²) in [7, 11) is 1.29. The average molecular weight is 280 g/mol. The standard InChI is InChI=1S/C15H21FN2O2/c1-3-4-10-5-6-18(9-10)14-7-11(15(19)20-2)13(17)8-12(14)16/h7-8,10H,3-6,9,17H2,1-2H3. The number of rotatable bonds is 4. The smallest absolute Gasteiger partial charge is 0.340 e. The highest BCUT2D eigenvalue weighted by Crippen LogP contribution is 2.31. The third-order valence-corrected chi connectivity index (χ3v) is 3.85. The first-order valence-electron chi connectivity index (χ1n) is 6.99. The summed E-state index contributed by atoms with van der Waals surface area (Å²) in [5.74, 6) is -0.320. The molecule has 0 saturated carbocycles. The van der Waals surface area contributed by atoms with Gasteiger partial charge in [0.2, 0.25) is 0 Å². The van der Waals surface area contributed by atoms with Crippen molar-refractivity contribution in [1.29, 1.82) is 0 Å². The lowest BCUT2D eigenvalue weighted by molar-refractivity contribution is 0.0602. The number of esters is 1. The van der Waals surface area contributed by atoms with Gasteiger partial charge in [0, 0.05) is 18.8 Å². The molecule has 20 heavy (non-hydrogen) atoms. The van der Waals surface area contributed by atoms with E-state index in [1.165, 1.54) is 19.2 Å². The van der Waals surface area contributed by atoms with E-state index in [0.717, 1.165) is 32.4 Å². The Hall–Kier alpha value is -1.78. The molecule has 1 aliphatic rings. The summed E-state index contributed by atoms with van der Waals surface area (Å²) in [5.41, 5.74) is 6.46. The quantitative estimate of drug-likeness (QED) is 0.680. The molecule has 1 fully saturated rings. The molecule has 5 heteroatoms. The Morgan fingerprint density at radius 2 is 2.30 bits per heavy atom. The minimum atomic E-state index is -0.534. The third kappa shape index (κ3) is 2.86. The second-order valence-electron chi connectivity index (χ2n) is 5.27. The fraction of sp³-hybridized carbons (Fsp3) is 0.533. The van der Waals surface area contributed by atoms with Crippen LogP contribution >= 0.6 is 0 Å². The predicted molar refractivity (Wildman–Crippen MR) is 77.4 cm³/mol. The van der Waals surface area contributed by atoms with Crippen molar-refractivity contribution in [1.82, 2.24) is 0 Å². The van der Waals surface area contributed by atoms with Crippen LogP contribution in [-0.2, 0) is 4.74 Å². The monoisotopic (exact) mass is 280 g/mol. The fourth-order valence-electron chi connectivity index (χ4n) is 2.80. The van der Waals surface area contributed by atoms with Gasteiger partial charge < -0.3 is 15.4 Å². The topological polar surface area (TPSA) is 55.6 Å². The van der Waals surface area contributed by atoms with Crippen molar-refractivity contribution in [3.05, 3.63) is 23.5 Å². The maximum Gasteiger partial charge on any atom is 0.340 e. The van der Waals surface area contributed by atoms with Gasteiger partial charge in [-0.1, -0.05) is 13.3 Å². The third-order valence-electron chi connectivity index (χ3n) is 3.85. The first-order valence-corrected chi connectivity index (χ1v) is 6.99. The Morgan fingerprint density at radius 3 is 2.95 bits per heavy atom. The number of hydrogen-bond acceptors (Lipinski definition) is 4. The zero-order valence-corrected chi connectivity index (χ0v) is 12.0. The van der Waals surface area contributed by atoms with Crippen LogP contribution in [0.25, 0.3) is 0 Å². The van der Waals surface area contributed by atoms with E-state index in [9.17, 15) is 9.18 Å². The molecule has 1 atom stereocenters. The molecule has 0 amide bonds. The molecule has 0 aromatic heterocycles. The van der Waals surface area contributed by atoms with Crippen molar-refractivity contribution in [3.8, 4) is 0 Å². The molecule has 1 aliphatic heterocycles. The Balaban J connectivity index is 2.26. The minimum absolute atomic E-state index is 0.113. The zero-order valence-electron chi connectivity index (χ0n) is 12.0. The van der Waals surface area contributed by atoms with Gasteiger partial charge in [-0.05, 0) is 30.9 Å². The largest absolute Gasteiger partial charge is 0.465 e. The van der Waals surface area contributed by atoms with Crippen LogP contribution in [0.3, 0.4) is 0 Å². The summed E-state index contributed by atoms with van der Waals surface area (Å²) in [4.78, 5) is 13.6. The van der Waals surface area contributed by atoms with E-state index in [4.69, 9.17) is 5.73 Å². The number of anilines is 2. The molecule has 1 aromatic carbocycles. The van der Waals surface area contributed by atoms with Crippen molar-refractivity contribution < 1.29 is 13.9 Å². The van der Waals surface area contributed by atoms with E-state index in [2.05, 4.69) is 11.7 Å². The van der Waals surface area contributed by atoms with Gasteiger partial charge in [-0.15, -0.1) is 0 Å². The van der Waals surface area contributed by atoms with Crippen LogP contribution < -0.4 is 10.6 Å². The number of nitrogens with zero attached hydrogens (tertiary/aromatic N) is 1. The average Bonchev–Trinajstić information content (AvgIpc) is 2.87. The van der Waals surface area contributed by atoms with E-state index < -0.39 is 5.97 Å². The van der Waals surface area contributed by atoms with Crippen LogP contribution in [0.4, 0.5) is 15.8 Å². The van der Waals surface area contributed by atoms with Crippen molar-refractivity contribution in [2.24, 2.45) is 5.92 Å². The molecular formula is C15H21FN2O2. The van der Waals surface area contributed by atoms with Crippen LogP contribution in [-0.4, -0.2) is 26.2 Å². The molecule has 4 nitrogen and oxygen atoms in total. The van der Waals surface area contributed by atoms with Crippen molar-refractivity contribution in [2.75, 3.05) is 30.8 Å². The Kier molecular flexibility index (Phi) is 4.47. The lowest BCUT2D eigenvalue weighted by atomic mass is 10.0. The molecule has 1 aromatic rings. The van der Waals surface area contributed by atoms with E-state index in [0.29, 0.717) is 11.6 Å². The van der Waals surface area contributed by atoms with E-state index in [-0.39, 0.29) is 17.1 Å². The highest BCUT2D eigenvalue weighted by Gasteiger charge is 2.25. The van der Waals surface area contributed by atoms with Crippen molar-refractivity contribution in [3.63, 3.8) is 0 Å². The minimum Gasteiger partial charge on any atom is -0.465 e. The lowest BCUT2D eigenvalue weighted by Gasteiger charge is -2.20. The van der Waals surface area contributed by atoms with Gasteiger partial charge in [0.1, 0.15) is 5.82 Å². The van der Waals surface area contributed by atoms with Crippen LogP contribution in [0.1, 0.15) is 36.5 Å². The van der Waals surface area contributed by atoms with Crippen molar-refractivity contribution in [2.45, 2.75) is 26.2 Å². The Morgan fingerprint density at radius 1 is 1.55 bits per heavy atom. The lowest BCUT2D eigenvalue weighted by Crippen LogP contribution is -2.22. The second-order valence-corrected chi connectivity index (χ2v) is 5.27. The molecule has 1 heterocycles. The van der Waals surface area contributed by atoms with E-state index in [1.54, 1.807) is 0 Å². The van der Waals surface area contributed by atoms with Gasteiger partial charge in [-0.25, -0.2) is 9.18 Å². The molecule has 0 aliphatic carbocycles. The number of carbonyl (C=O) groups is 1. The van der Waals surface area contributed by atoms with Gasteiger partial charge in [0.25, 0.3) is 0 Å². The van der Waals surface area contributed by atoms with Gasteiger partial charge >= 0.3 is 5.97 Å². The molecule has 2 rings (SSSR count). The summed E-state index contributed by atoms with van der Waals surface area (Å²) in [6, 6.07) is 2.71. The van der Waals surface area contributed by atoms with Crippen molar-refractivity contribution >= 4 is 17.3 Å². The molecule has 1 saturated heterocycles. The number of methoxy groups -OCH3 is 1. The molecule has 0 bridgehead atoms. The number of ether oxygens (including phenoxy) is 1. The second kappa shape index (κ2) is 6.11. The summed E-state index contributed by atoms with van der Waals surface area (Å²) >= 11 is 0. The molecular weight excluding hydrogens is 259 g/mol. The van der Waals surface area contributed by atoms with Gasteiger partial charge in [0.15, 0.2) is 0 Å². The molecule has 0 radical (unpaired) electrons. The maximum atomic E-state index is 14.1. The molecule has 2 N–H and O–H groups in total. The zero-order chi connectivity index (χ0) is 14.7. The number of halogens is 1. The highest BCUT2D eigenvalue weighted by molar-refractivity contribution is 5.96. The maximum absolute atomic E-state index is 14.1. The Bertz CT molecular complexity index is 505. The SMILES string of the molecule is CCCC1CCN(c2cc(C(=O)OC)c(N)cc2F)C1. The van der Waals surface area contributed by atoms with Crippen LogP contribution in [0.5, 0.6) is 0 Å². The summed E-state index contributed by atoms with van der Waals surface area (Å²) < 4.78 is 18.8. The van der Waals surface area contributed by atoms with Gasteiger partial charge in [-0.2, -0.15) is 0 Å². The predicted octanol–water partition coefficient (Wildman–Crippen LogP) is 2.82. The summed E-state index contributed by atoms with van der Waals surface area (Å²) in [6.45, 7) is 3.79. The fourth-order valence-corrected chi connectivity index (χ4v) is 2.80.